The highest BCUT2D eigenvalue weighted by Crippen LogP contribution is 2.24. The monoisotopic (exact) mass is 415 g/mol. The summed E-state index contributed by atoms with van der Waals surface area (Å²) in [5.41, 5.74) is 1.30. The van der Waals surface area contributed by atoms with E-state index >= 15 is 0 Å². The highest BCUT2D eigenvalue weighted by atomic mass is 35.5. The van der Waals surface area contributed by atoms with Crippen LogP contribution in [0.1, 0.15) is 25.8 Å². The Morgan fingerprint density at radius 2 is 1.93 bits per heavy atom. The Morgan fingerprint density at radius 3 is 2.68 bits per heavy atom. The molecule has 1 N–H and O–H groups in total. The van der Waals surface area contributed by atoms with Gasteiger partial charge in [0.25, 0.3) is 5.56 Å². The van der Waals surface area contributed by atoms with Crippen LogP contribution in [0.4, 0.5) is 0 Å². The minimum Gasteiger partial charge on any atom is -0.355 e. The maximum absolute atomic E-state index is 13.2. The third-order valence-corrected chi connectivity index (χ3v) is 5.77. The number of para-hydroxylation sites is 1. The van der Waals surface area contributed by atoms with E-state index in [-0.39, 0.29) is 16.7 Å². The van der Waals surface area contributed by atoms with E-state index in [0.717, 1.165) is 12.0 Å². The molecule has 1 aromatic heterocycles. The molecule has 3 aromatic rings. The van der Waals surface area contributed by atoms with Crippen LogP contribution in [0.5, 0.6) is 0 Å². The Hall–Kier alpha value is -2.31. The van der Waals surface area contributed by atoms with Gasteiger partial charge in [0.15, 0.2) is 5.16 Å². The molecular weight excluding hydrogens is 394 g/mol. The molecule has 2 aromatic carbocycles. The van der Waals surface area contributed by atoms with Crippen molar-refractivity contribution in [1.82, 2.24) is 14.9 Å². The second kappa shape index (κ2) is 9.26. The van der Waals surface area contributed by atoms with Gasteiger partial charge in [0.05, 0.1) is 22.7 Å². The molecule has 0 radical (unpaired) electrons. The molecule has 1 heterocycles. The molecule has 0 aliphatic heterocycles. The molecule has 0 fully saturated rings. The van der Waals surface area contributed by atoms with Gasteiger partial charge in [0.2, 0.25) is 5.91 Å². The van der Waals surface area contributed by atoms with Crippen molar-refractivity contribution in [2.24, 2.45) is 0 Å². The zero-order chi connectivity index (χ0) is 20.1. The Bertz CT molecular complexity index is 1050. The van der Waals surface area contributed by atoms with Gasteiger partial charge in [-0.2, -0.15) is 0 Å². The standard InChI is InChI=1S/C21H22ClN3O2S/c1-3-12-23-19(26)14(2)28-21-24-18-11-7-5-9-16(18)20(27)25(21)13-15-8-4-6-10-17(15)22/h4-11,14H,3,12-13H2,1-2H3,(H,23,26)/t14-/m0/s1. The van der Waals surface area contributed by atoms with Gasteiger partial charge < -0.3 is 5.32 Å². The summed E-state index contributed by atoms with van der Waals surface area (Å²) in [4.78, 5) is 30.1. The van der Waals surface area contributed by atoms with Gasteiger partial charge >= 0.3 is 0 Å². The number of hydrogen-bond acceptors (Lipinski definition) is 4. The predicted molar refractivity (Wildman–Crippen MR) is 115 cm³/mol. The summed E-state index contributed by atoms with van der Waals surface area (Å²) >= 11 is 7.58. The normalized spacial score (nSPS) is 12.1. The average molecular weight is 416 g/mol. The maximum atomic E-state index is 13.2. The molecule has 0 saturated carbocycles. The average Bonchev–Trinajstić information content (AvgIpc) is 2.70. The van der Waals surface area contributed by atoms with Gasteiger partial charge in [0, 0.05) is 11.6 Å². The van der Waals surface area contributed by atoms with Crippen molar-refractivity contribution in [3.8, 4) is 0 Å². The van der Waals surface area contributed by atoms with Crippen LogP contribution in [0.3, 0.4) is 0 Å². The lowest BCUT2D eigenvalue weighted by atomic mass is 10.2. The second-order valence-electron chi connectivity index (χ2n) is 6.45. The number of aromatic nitrogens is 2. The van der Waals surface area contributed by atoms with E-state index in [1.165, 1.54) is 11.8 Å². The lowest BCUT2D eigenvalue weighted by Gasteiger charge is -2.17. The summed E-state index contributed by atoms with van der Waals surface area (Å²) in [6.45, 7) is 4.74. The molecule has 28 heavy (non-hydrogen) atoms. The van der Waals surface area contributed by atoms with Crippen LogP contribution in [0.15, 0.2) is 58.5 Å². The van der Waals surface area contributed by atoms with Crippen molar-refractivity contribution in [3.63, 3.8) is 0 Å². The molecule has 5 nitrogen and oxygen atoms in total. The fraction of sp³-hybridized carbons (Fsp3) is 0.286. The zero-order valence-corrected chi connectivity index (χ0v) is 17.4. The first-order valence-electron chi connectivity index (χ1n) is 9.18. The van der Waals surface area contributed by atoms with Crippen LogP contribution in [0, 0.1) is 0 Å². The van der Waals surface area contributed by atoms with Crippen LogP contribution in [0.25, 0.3) is 10.9 Å². The van der Waals surface area contributed by atoms with Crippen LogP contribution >= 0.6 is 23.4 Å². The van der Waals surface area contributed by atoms with Gasteiger partial charge in [-0.25, -0.2) is 4.98 Å². The van der Waals surface area contributed by atoms with E-state index in [1.807, 2.05) is 50.2 Å². The summed E-state index contributed by atoms with van der Waals surface area (Å²) in [6, 6.07) is 14.6. The number of rotatable bonds is 7. The van der Waals surface area contributed by atoms with Gasteiger partial charge in [-0.05, 0) is 37.1 Å². The summed E-state index contributed by atoms with van der Waals surface area (Å²) < 4.78 is 1.60. The first kappa shape index (κ1) is 20.4. The van der Waals surface area contributed by atoms with E-state index in [1.54, 1.807) is 16.7 Å². The number of halogens is 1. The molecule has 0 saturated heterocycles. The van der Waals surface area contributed by atoms with E-state index in [9.17, 15) is 9.59 Å². The maximum Gasteiger partial charge on any atom is 0.262 e. The minimum atomic E-state index is -0.378. The largest absolute Gasteiger partial charge is 0.355 e. The SMILES string of the molecule is CCCNC(=O)[C@H](C)Sc1nc2ccccc2c(=O)n1Cc1ccccc1Cl. The molecule has 0 bridgehead atoms. The molecule has 0 aliphatic carbocycles. The summed E-state index contributed by atoms with van der Waals surface area (Å²) in [7, 11) is 0. The number of nitrogens with zero attached hydrogens (tertiary/aromatic N) is 2. The number of nitrogens with one attached hydrogen (secondary N) is 1. The highest BCUT2D eigenvalue weighted by Gasteiger charge is 2.19. The number of thioether (sulfide) groups is 1. The Balaban J connectivity index is 2.03. The van der Waals surface area contributed by atoms with E-state index in [4.69, 9.17) is 11.6 Å². The van der Waals surface area contributed by atoms with Crippen molar-refractivity contribution >= 4 is 40.2 Å². The highest BCUT2D eigenvalue weighted by molar-refractivity contribution is 8.00. The number of benzene rings is 2. The topological polar surface area (TPSA) is 64.0 Å². The lowest BCUT2D eigenvalue weighted by molar-refractivity contribution is -0.120. The molecule has 1 atom stereocenters. The van der Waals surface area contributed by atoms with Gasteiger partial charge in [-0.1, -0.05) is 60.6 Å². The van der Waals surface area contributed by atoms with Crippen molar-refractivity contribution in [3.05, 3.63) is 69.5 Å². The Kier molecular flexibility index (Phi) is 6.75. The summed E-state index contributed by atoms with van der Waals surface area (Å²) in [5, 5.41) is 4.14. The molecule has 0 spiro atoms. The first-order valence-corrected chi connectivity index (χ1v) is 10.4. The van der Waals surface area contributed by atoms with Gasteiger partial charge in [-0.15, -0.1) is 0 Å². The number of carbonyl (C=O) groups excluding carboxylic acids is 1. The van der Waals surface area contributed by atoms with Crippen LogP contribution < -0.4 is 10.9 Å². The minimum absolute atomic E-state index is 0.0708. The first-order chi connectivity index (χ1) is 13.5. The van der Waals surface area contributed by atoms with E-state index < -0.39 is 0 Å². The quantitative estimate of drug-likeness (QED) is 0.466. The number of carbonyl (C=O) groups is 1. The molecule has 146 valence electrons. The van der Waals surface area contributed by atoms with Crippen LogP contribution in [-0.4, -0.2) is 27.3 Å². The molecule has 7 heteroatoms. The Morgan fingerprint density at radius 1 is 1.21 bits per heavy atom. The van der Waals surface area contributed by atoms with Crippen molar-refractivity contribution in [2.45, 2.75) is 37.2 Å². The molecule has 1 amide bonds. The number of fused-ring (bicyclic) bond motifs is 1. The van der Waals surface area contributed by atoms with E-state index in [0.29, 0.717) is 34.2 Å². The van der Waals surface area contributed by atoms with Gasteiger partial charge in [-0.3, -0.25) is 14.2 Å². The van der Waals surface area contributed by atoms with Crippen LogP contribution in [-0.2, 0) is 11.3 Å². The smallest absolute Gasteiger partial charge is 0.262 e. The summed E-state index contributed by atoms with van der Waals surface area (Å²) in [5.74, 6) is -0.0708. The fourth-order valence-electron chi connectivity index (χ4n) is 2.78. The van der Waals surface area contributed by atoms with E-state index in [2.05, 4.69) is 10.3 Å². The molecule has 3 rings (SSSR count). The van der Waals surface area contributed by atoms with Gasteiger partial charge in [0.1, 0.15) is 0 Å². The second-order valence-corrected chi connectivity index (χ2v) is 8.16. The molecular formula is C21H22ClN3O2S. The lowest BCUT2D eigenvalue weighted by Crippen LogP contribution is -2.32. The molecule has 0 unspecified atom stereocenters. The van der Waals surface area contributed by atoms with Crippen molar-refractivity contribution in [2.75, 3.05) is 6.54 Å². The zero-order valence-electron chi connectivity index (χ0n) is 15.8. The third kappa shape index (κ3) is 4.56. The predicted octanol–water partition coefficient (Wildman–Crippen LogP) is 4.11. The Labute approximate surface area is 173 Å². The summed E-state index contributed by atoms with van der Waals surface area (Å²) in [6.07, 6.45) is 0.870. The fourth-order valence-corrected chi connectivity index (χ4v) is 3.91. The molecule has 0 aliphatic rings. The van der Waals surface area contributed by atoms with Crippen LogP contribution in [0.2, 0.25) is 5.02 Å². The third-order valence-electron chi connectivity index (χ3n) is 4.31. The van der Waals surface area contributed by atoms with Crippen molar-refractivity contribution in [1.29, 1.82) is 0 Å². The number of hydrogen-bond donors (Lipinski definition) is 1. The van der Waals surface area contributed by atoms with Crippen molar-refractivity contribution < 1.29 is 4.79 Å². The number of amides is 1.